The fourth-order valence-corrected chi connectivity index (χ4v) is 4.03. The quantitative estimate of drug-likeness (QED) is 0.576. The smallest absolute Gasteiger partial charge is 0.242 e. The molecule has 0 aromatic heterocycles. The van der Waals surface area contributed by atoms with E-state index >= 15 is 0 Å². The summed E-state index contributed by atoms with van der Waals surface area (Å²) in [5, 5.41) is 2.71. The minimum atomic E-state index is -4.05. The van der Waals surface area contributed by atoms with Crippen LogP contribution in [0.15, 0.2) is 83.8 Å². The van der Waals surface area contributed by atoms with Crippen LogP contribution >= 0.6 is 0 Å². The van der Waals surface area contributed by atoms with Gasteiger partial charge in [-0.25, -0.2) is 12.8 Å². The average Bonchev–Trinajstić information content (AvgIpc) is 2.74. The third kappa shape index (κ3) is 5.65. The fraction of sp³-hybridized carbons (Fsp3) is 0.136. The molecule has 0 radical (unpaired) electrons. The number of hydrogen-bond acceptors (Lipinski definition) is 4. The van der Waals surface area contributed by atoms with Crippen molar-refractivity contribution in [2.45, 2.75) is 17.4 Å². The zero-order valence-electron chi connectivity index (χ0n) is 16.2. The van der Waals surface area contributed by atoms with Crippen molar-refractivity contribution in [3.8, 4) is 5.75 Å². The van der Waals surface area contributed by atoms with E-state index in [-0.39, 0.29) is 11.3 Å². The molecule has 3 aromatic carbocycles. The molecule has 8 heteroatoms. The van der Waals surface area contributed by atoms with Crippen molar-refractivity contribution in [3.05, 3.63) is 90.2 Å². The summed E-state index contributed by atoms with van der Waals surface area (Å²) in [6.07, 6.45) is 0.136. The van der Waals surface area contributed by atoms with E-state index in [4.69, 9.17) is 4.74 Å². The van der Waals surface area contributed by atoms with Crippen LogP contribution in [-0.2, 0) is 21.2 Å². The molecule has 0 aliphatic rings. The number of hydrogen-bond donors (Lipinski definition) is 2. The zero-order valence-corrected chi connectivity index (χ0v) is 17.0. The summed E-state index contributed by atoms with van der Waals surface area (Å²) in [6, 6.07) is 19.1. The van der Waals surface area contributed by atoms with Gasteiger partial charge in [0.15, 0.2) is 0 Å². The number of nitrogens with one attached hydrogen (secondary N) is 2. The summed E-state index contributed by atoms with van der Waals surface area (Å²) in [4.78, 5) is 12.8. The third-order valence-corrected chi connectivity index (χ3v) is 5.85. The standard InChI is InChI=1S/C22H21FN2O4S/c1-29-19-9-5-8-18(15-19)24-22(26)21(14-16-6-3-2-4-7-16)25-30(27,28)20-12-10-17(23)11-13-20/h2-13,15,21,25H,14H2,1H3,(H,24,26). The minimum absolute atomic E-state index is 0.129. The lowest BCUT2D eigenvalue weighted by molar-refractivity contribution is -0.117. The highest BCUT2D eigenvalue weighted by molar-refractivity contribution is 7.89. The number of ether oxygens (including phenoxy) is 1. The van der Waals surface area contributed by atoms with Gasteiger partial charge in [-0.2, -0.15) is 4.72 Å². The molecular weight excluding hydrogens is 407 g/mol. The van der Waals surface area contributed by atoms with Crippen molar-refractivity contribution in [2.24, 2.45) is 0 Å². The predicted octanol–water partition coefficient (Wildman–Crippen LogP) is 3.36. The summed E-state index contributed by atoms with van der Waals surface area (Å²) in [6.45, 7) is 0. The van der Waals surface area contributed by atoms with Gasteiger partial charge in [0.2, 0.25) is 15.9 Å². The molecule has 1 amide bonds. The topological polar surface area (TPSA) is 84.5 Å². The SMILES string of the molecule is COc1cccc(NC(=O)C(Cc2ccccc2)NS(=O)(=O)c2ccc(F)cc2)c1. The van der Waals surface area contributed by atoms with E-state index in [1.807, 2.05) is 6.07 Å². The summed E-state index contributed by atoms with van der Waals surface area (Å²) in [5.74, 6) is -0.525. The highest BCUT2D eigenvalue weighted by atomic mass is 32.2. The largest absolute Gasteiger partial charge is 0.497 e. The van der Waals surface area contributed by atoms with Crippen LogP contribution in [0.5, 0.6) is 5.75 Å². The molecule has 0 aliphatic carbocycles. The van der Waals surface area contributed by atoms with Gasteiger partial charge < -0.3 is 10.1 Å². The number of carbonyl (C=O) groups excluding carboxylic acids is 1. The van der Waals surface area contributed by atoms with Gasteiger partial charge in [0.25, 0.3) is 0 Å². The summed E-state index contributed by atoms with van der Waals surface area (Å²) < 4.78 is 46.3. The van der Waals surface area contributed by atoms with E-state index in [1.165, 1.54) is 7.11 Å². The van der Waals surface area contributed by atoms with E-state index in [0.717, 1.165) is 29.8 Å². The van der Waals surface area contributed by atoms with Crippen molar-refractivity contribution in [1.29, 1.82) is 0 Å². The molecule has 0 spiro atoms. The van der Waals surface area contributed by atoms with E-state index < -0.39 is 27.8 Å². The van der Waals surface area contributed by atoms with Gasteiger partial charge >= 0.3 is 0 Å². The second-order valence-electron chi connectivity index (χ2n) is 6.54. The molecule has 1 unspecified atom stereocenters. The second-order valence-corrected chi connectivity index (χ2v) is 8.25. The van der Waals surface area contributed by atoms with Crippen LogP contribution in [0.25, 0.3) is 0 Å². The Balaban J connectivity index is 1.85. The Bertz CT molecular complexity index is 1100. The Morgan fingerprint density at radius 3 is 2.37 bits per heavy atom. The molecule has 0 heterocycles. The van der Waals surface area contributed by atoms with Gasteiger partial charge in [0.05, 0.1) is 12.0 Å². The monoisotopic (exact) mass is 428 g/mol. The van der Waals surface area contributed by atoms with Crippen LogP contribution in [0, 0.1) is 5.82 Å². The van der Waals surface area contributed by atoms with Crippen LogP contribution in [0.2, 0.25) is 0 Å². The van der Waals surface area contributed by atoms with Gasteiger partial charge in [0.1, 0.15) is 17.6 Å². The Hall–Kier alpha value is -3.23. The van der Waals surface area contributed by atoms with Crippen LogP contribution < -0.4 is 14.8 Å². The van der Waals surface area contributed by atoms with Gasteiger partial charge in [-0.15, -0.1) is 0 Å². The van der Waals surface area contributed by atoms with E-state index in [1.54, 1.807) is 48.5 Å². The lowest BCUT2D eigenvalue weighted by Gasteiger charge is -2.19. The van der Waals surface area contributed by atoms with Crippen LogP contribution in [-0.4, -0.2) is 27.5 Å². The van der Waals surface area contributed by atoms with Crippen LogP contribution in [0.4, 0.5) is 10.1 Å². The molecule has 0 fully saturated rings. The zero-order chi connectivity index (χ0) is 21.6. The Morgan fingerprint density at radius 1 is 1.00 bits per heavy atom. The van der Waals surface area contributed by atoms with E-state index in [0.29, 0.717) is 11.4 Å². The molecule has 30 heavy (non-hydrogen) atoms. The first-order valence-corrected chi connectivity index (χ1v) is 10.6. The first-order valence-electron chi connectivity index (χ1n) is 9.14. The third-order valence-electron chi connectivity index (χ3n) is 4.36. The first-order chi connectivity index (χ1) is 14.4. The fourth-order valence-electron chi connectivity index (χ4n) is 2.84. The maximum atomic E-state index is 13.2. The normalized spacial score (nSPS) is 12.2. The highest BCUT2D eigenvalue weighted by Crippen LogP contribution is 2.18. The molecule has 3 aromatic rings. The summed E-state index contributed by atoms with van der Waals surface area (Å²) >= 11 is 0. The van der Waals surface area contributed by atoms with Crippen LogP contribution in [0.1, 0.15) is 5.56 Å². The lowest BCUT2D eigenvalue weighted by Crippen LogP contribution is -2.45. The van der Waals surface area contributed by atoms with Gasteiger partial charge in [-0.3, -0.25) is 4.79 Å². The number of benzene rings is 3. The van der Waals surface area contributed by atoms with Gasteiger partial charge in [-0.1, -0.05) is 36.4 Å². The molecule has 2 N–H and O–H groups in total. The van der Waals surface area contributed by atoms with Gasteiger partial charge in [-0.05, 0) is 48.4 Å². The van der Waals surface area contributed by atoms with Crippen molar-refractivity contribution in [3.63, 3.8) is 0 Å². The van der Waals surface area contributed by atoms with Crippen LogP contribution in [0.3, 0.4) is 0 Å². The predicted molar refractivity (Wildman–Crippen MR) is 112 cm³/mol. The van der Waals surface area contributed by atoms with Crippen molar-refractivity contribution < 1.29 is 22.3 Å². The molecule has 156 valence electrons. The van der Waals surface area contributed by atoms with Crippen molar-refractivity contribution in [1.82, 2.24) is 4.72 Å². The number of rotatable bonds is 8. The van der Waals surface area contributed by atoms with E-state index in [9.17, 15) is 17.6 Å². The lowest BCUT2D eigenvalue weighted by atomic mass is 10.1. The molecule has 0 aliphatic heterocycles. The Kier molecular flexibility index (Phi) is 6.81. The Labute approximate surface area is 174 Å². The molecule has 0 saturated heterocycles. The highest BCUT2D eigenvalue weighted by Gasteiger charge is 2.26. The first kappa shape index (κ1) is 21.5. The molecular formula is C22H21FN2O4S. The number of amides is 1. The van der Waals surface area contributed by atoms with Crippen molar-refractivity contribution in [2.75, 3.05) is 12.4 Å². The number of methoxy groups -OCH3 is 1. The maximum Gasteiger partial charge on any atom is 0.242 e. The number of carbonyl (C=O) groups is 1. The summed E-state index contributed by atoms with van der Waals surface area (Å²) in [5.41, 5.74) is 1.25. The molecule has 3 rings (SSSR count). The minimum Gasteiger partial charge on any atom is -0.497 e. The number of anilines is 1. The van der Waals surface area contributed by atoms with Gasteiger partial charge in [0, 0.05) is 11.8 Å². The Morgan fingerprint density at radius 2 is 1.70 bits per heavy atom. The average molecular weight is 428 g/mol. The second kappa shape index (κ2) is 9.51. The molecule has 0 bridgehead atoms. The molecule has 1 atom stereocenters. The summed E-state index contributed by atoms with van der Waals surface area (Å²) in [7, 11) is -2.54. The number of halogens is 1. The maximum absolute atomic E-state index is 13.2. The molecule has 0 saturated carbocycles. The van der Waals surface area contributed by atoms with Crippen molar-refractivity contribution >= 4 is 21.6 Å². The number of sulfonamides is 1. The molecule has 6 nitrogen and oxygen atoms in total. The van der Waals surface area contributed by atoms with E-state index in [2.05, 4.69) is 10.0 Å².